The van der Waals surface area contributed by atoms with E-state index in [2.05, 4.69) is 43.1 Å². The van der Waals surface area contributed by atoms with Gasteiger partial charge in [0.1, 0.15) is 0 Å². The summed E-state index contributed by atoms with van der Waals surface area (Å²) in [5, 5.41) is 2.95. The van der Waals surface area contributed by atoms with Gasteiger partial charge in [0, 0.05) is 37.6 Å². The van der Waals surface area contributed by atoms with E-state index in [-0.39, 0.29) is 24.3 Å². The molecule has 3 atom stereocenters. The van der Waals surface area contributed by atoms with Gasteiger partial charge in [0.05, 0.1) is 12.2 Å². The van der Waals surface area contributed by atoms with Gasteiger partial charge in [-0.25, -0.2) is 4.79 Å². The number of benzene rings is 1. The van der Waals surface area contributed by atoms with Crippen molar-refractivity contribution < 1.29 is 9.53 Å². The van der Waals surface area contributed by atoms with Crippen LogP contribution in [0.2, 0.25) is 0 Å². The molecule has 128 valence electrons. The second-order valence-electron chi connectivity index (χ2n) is 6.51. The molecule has 23 heavy (non-hydrogen) atoms. The maximum absolute atomic E-state index is 12.2. The largest absolute Gasteiger partial charge is 0.372 e. The number of morpholine rings is 1. The minimum Gasteiger partial charge on any atom is -0.372 e. The lowest BCUT2D eigenvalue weighted by Crippen LogP contribution is -2.45. The third-order valence-corrected chi connectivity index (χ3v) is 4.48. The third-order valence-electron chi connectivity index (χ3n) is 4.48. The van der Waals surface area contributed by atoms with E-state index in [0.29, 0.717) is 0 Å². The molecule has 2 rings (SSSR count). The fourth-order valence-corrected chi connectivity index (χ4v) is 2.83. The van der Waals surface area contributed by atoms with Gasteiger partial charge in [-0.1, -0.05) is 6.92 Å². The molecule has 1 heterocycles. The molecule has 0 radical (unpaired) electrons. The summed E-state index contributed by atoms with van der Waals surface area (Å²) in [5.41, 5.74) is 1.99. The smallest absolute Gasteiger partial charge is 0.321 e. The third kappa shape index (κ3) is 4.61. The van der Waals surface area contributed by atoms with E-state index in [4.69, 9.17) is 4.74 Å². The molecule has 1 N–H and O–H groups in total. The van der Waals surface area contributed by atoms with Crippen molar-refractivity contribution in [2.24, 2.45) is 0 Å². The molecular formula is C18H29N3O2. The maximum Gasteiger partial charge on any atom is 0.321 e. The van der Waals surface area contributed by atoms with Gasteiger partial charge < -0.3 is 19.9 Å². The quantitative estimate of drug-likeness (QED) is 0.923. The zero-order valence-corrected chi connectivity index (χ0v) is 14.9. The number of carbonyl (C=O) groups is 1. The Morgan fingerprint density at radius 1 is 1.30 bits per heavy atom. The summed E-state index contributed by atoms with van der Waals surface area (Å²) in [7, 11) is 1.83. The Kier molecular flexibility index (Phi) is 5.88. The van der Waals surface area contributed by atoms with Crippen LogP contribution in [0.15, 0.2) is 24.3 Å². The summed E-state index contributed by atoms with van der Waals surface area (Å²) < 4.78 is 5.77. The number of rotatable bonds is 4. The van der Waals surface area contributed by atoms with Crippen LogP contribution < -0.4 is 10.2 Å². The van der Waals surface area contributed by atoms with E-state index >= 15 is 0 Å². The van der Waals surface area contributed by atoms with E-state index < -0.39 is 0 Å². The van der Waals surface area contributed by atoms with Gasteiger partial charge in [0.2, 0.25) is 0 Å². The molecule has 0 bridgehead atoms. The molecule has 1 aromatic carbocycles. The molecule has 1 aliphatic heterocycles. The predicted octanol–water partition coefficient (Wildman–Crippen LogP) is 3.56. The first kappa shape index (κ1) is 17.6. The highest BCUT2D eigenvalue weighted by Crippen LogP contribution is 2.22. The highest BCUT2D eigenvalue weighted by Gasteiger charge is 2.22. The Labute approximate surface area is 139 Å². The molecule has 0 spiro atoms. The number of nitrogens with zero attached hydrogens (tertiary/aromatic N) is 2. The number of anilines is 2. The van der Waals surface area contributed by atoms with E-state index in [9.17, 15) is 4.79 Å². The zero-order chi connectivity index (χ0) is 17.0. The topological polar surface area (TPSA) is 44.8 Å². The average Bonchev–Trinajstić information content (AvgIpc) is 2.53. The van der Waals surface area contributed by atoms with Crippen molar-refractivity contribution in [3.8, 4) is 0 Å². The summed E-state index contributed by atoms with van der Waals surface area (Å²) in [6.07, 6.45) is 1.42. The lowest BCUT2D eigenvalue weighted by Gasteiger charge is -2.36. The highest BCUT2D eigenvalue weighted by molar-refractivity contribution is 5.89. The molecule has 1 aromatic rings. The van der Waals surface area contributed by atoms with Crippen LogP contribution in [0.3, 0.4) is 0 Å². The summed E-state index contributed by atoms with van der Waals surface area (Å²) in [6, 6.07) is 8.20. The van der Waals surface area contributed by atoms with Crippen LogP contribution in [0.5, 0.6) is 0 Å². The second kappa shape index (κ2) is 7.68. The normalized spacial score (nSPS) is 22.6. The SMILES string of the molecule is CC[C@H](C)N(C)C(=O)Nc1ccc(N2C[C@H](C)O[C@@H](C)C2)cc1. The van der Waals surface area contributed by atoms with Crippen molar-refractivity contribution in [3.63, 3.8) is 0 Å². The Bertz CT molecular complexity index is 508. The highest BCUT2D eigenvalue weighted by atomic mass is 16.5. The molecular weight excluding hydrogens is 290 g/mol. The van der Waals surface area contributed by atoms with Gasteiger partial charge in [-0.15, -0.1) is 0 Å². The molecule has 0 unspecified atom stereocenters. The van der Waals surface area contributed by atoms with Crippen molar-refractivity contribution in [2.75, 3.05) is 30.4 Å². The average molecular weight is 319 g/mol. The zero-order valence-electron chi connectivity index (χ0n) is 14.9. The van der Waals surface area contributed by atoms with Crippen LogP contribution in [0.1, 0.15) is 34.1 Å². The number of amides is 2. The van der Waals surface area contributed by atoms with Crippen LogP contribution in [-0.2, 0) is 4.74 Å². The van der Waals surface area contributed by atoms with E-state index in [1.807, 2.05) is 26.1 Å². The molecule has 1 aliphatic rings. The molecule has 5 heteroatoms. The van der Waals surface area contributed by atoms with Crippen LogP contribution in [0.4, 0.5) is 16.2 Å². The van der Waals surface area contributed by atoms with Crippen LogP contribution in [0.25, 0.3) is 0 Å². The number of ether oxygens (including phenoxy) is 1. The Balaban J connectivity index is 1.98. The van der Waals surface area contributed by atoms with E-state index in [0.717, 1.165) is 25.2 Å². The molecule has 1 saturated heterocycles. The first-order valence-corrected chi connectivity index (χ1v) is 8.45. The van der Waals surface area contributed by atoms with Gasteiger partial charge in [0.15, 0.2) is 0 Å². The second-order valence-corrected chi connectivity index (χ2v) is 6.51. The molecule has 2 amide bonds. The number of hydrogen-bond acceptors (Lipinski definition) is 3. The molecule has 0 saturated carbocycles. The number of urea groups is 1. The maximum atomic E-state index is 12.2. The van der Waals surface area contributed by atoms with Gasteiger partial charge >= 0.3 is 6.03 Å². The number of hydrogen-bond donors (Lipinski definition) is 1. The minimum atomic E-state index is -0.0688. The van der Waals surface area contributed by atoms with Gasteiger partial charge in [-0.2, -0.15) is 0 Å². The molecule has 5 nitrogen and oxygen atoms in total. The first-order valence-electron chi connectivity index (χ1n) is 8.45. The summed E-state index contributed by atoms with van der Waals surface area (Å²) in [5.74, 6) is 0. The van der Waals surface area contributed by atoms with Crippen LogP contribution >= 0.6 is 0 Å². The van der Waals surface area contributed by atoms with Gasteiger partial charge in [-0.05, 0) is 51.5 Å². The Hall–Kier alpha value is -1.75. The van der Waals surface area contributed by atoms with Crippen molar-refractivity contribution in [2.45, 2.75) is 52.4 Å². The van der Waals surface area contributed by atoms with Crippen LogP contribution in [0, 0.1) is 0 Å². The van der Waals surface area contributed by atoms with Crippen molar-refractivity contribution in [3.05, 3.63) is 24.3 Å². The summed E-state index contributed by atoms with van der Waals surface area (Å²) >= 11 is 0. The monoisotopic (exact) mass is 319 g/mol. The predicted molar refractivity (Wildman–Crippen MR) is 95.2 cm³/mol. The standard InChI is InChI=1S/C18H29N3O2/c1-6-13(2)20(5)18(22)19-16-7-9-17(10-8-16)21-11-14(3)23-15(4)12-21/h7-10,13-15H,6,11-12H2,1-5H3,(H,19,22)/t13-,14-,15-/m0/s1. The van der Waals surface area contributed by atoms with Gasteiger partial charge in [0.25, 0.3) is 0 Å². The van der Waals surface area contributed by atoms with Crippen LogP contribution in [-0.4, -0.2) is 49.3 Å². The molecule has 0 aromatic heterocycles. The Morgan fingerprint density at radius 2 is 1.87 bits per heavy atom. The van der Waals surface area contributed by atoms with Gasteiger partial charge in [-0.3, -0.25) is 0 Å². The number of nitrogens with one attached hydrogen (secondary N) is 1. The van der Waals surface area contributed by atoms with E-state index in [1.165, 1.54) is 5.69 Å². The van der Waals surface area contributed by atoms with Crippen molar-refractivity contribution >= 4 is 17.4 Å². The summed E-state index contributed by atoms with van der Waals surface area (Å²) in [4.78, 5) is 16.2. The number of carbonyl (C=O) groups excluding carboxylic acids is 1. The Morgan fingerprint density at radius 3 is 2.39 bits per heavy atom. The van der Waals surface area contributed by atoms with E-state index in [1.54, 1.807) is 4.90 Å². The fourth-order valence-electron chi connectivity index (χ4n) is 2.83. The summed E-state index contributed by atoms with van der Waals surface area (Å²) in [6.45, 7) is 10.1. The molecule has 1 fully saturated rings. The van der Waals surface area contributed by atoms with Crippen molar-refractivity contribution in [1.29, 1.82) is 0 Å². The lowest BCUT2D eigenvalue weighted by atomic mass is 10.2. The van der Waals surface area contributed by atoms with Crippen molar-refractivity contribution in [1.82, 2.24) is 4.90 Å². The minimum absolute atomic E-state index is 0.0688. The first-order chi connectivity index (χ1) is 10.9. The lowest BCUT2D eigenvalue weighted by molar-refractivity contribution is -0.00521. The molecule has 0 aliphatic carbocycles. The fraction of sp³-hybridized carbons (Fsp3) is 0.611.